The van der Waals surface area contributed by atoms with Crippen LogP contribution in [-0.4, -0.2) is 15.9 Å². The van der Waals surface area contributed by atoms with Gasteiger partial charge in [-0.25, -0.2) is 0 Å². The van der Waals surface area contributed by atoms with E-state index in [4.69, 9.17) is 0 Å². The number of amides is 1. The van der Waals surface area contributed by atoms with Crippen LogP contribution in [0.4, 0.5) is 0 Å². The Morgan fingerprint density at radius 1 is 1.25 bits per heavy atom. The van der Waals surface area contributed by atoms with Crippen LogP contribution in [0.25, 0.3) is 0 Å². The summed E-state index contributed by atoms with van der Waals surface area (Å²) in [6, 6.07) is 8.28. The van der Waals surface area contributed by atoms with E-state index in [9.17, 15) is 9.59 Å². The first-order chi connectivity index (χ1) is 9.58. The average molecular weight is 271 g/mol. The van der Waals surface area contributed by atoms with Gasteiger partial charge in [-0.15, -0.1) is 0 Å². The predicted octanol–water partition coefficient (Wildman–Crippen LogP) is 1.90. The molecule has 0 aliphatic rings. The lowest BCUT2D eigenvalue weighted by molar-refractivity contribution is 0.0924. The third-order valence-electron chi connectivity index (χ3n) is 3.01. The predicted molar refractivity (Wildman–Crippen MR) is 76.3 cm³/mol. The van der Waals surface area contributed by atoms with Gasteiger partial charge in [-0.3, -0.25) is 14.6 Å². The Kier molecular flexibility index (Phi) is 4.30. The fourth-order valence-electron chi connectivity index (χ4n) is 1.92. The lowest BCUT2D eigenvalue weighted by Gasteiger charge is -2.21. The molecule has 0 saturated heterocycles. The lowest BCUT2D eigenvalue weighted by Crippen LogP contribution is -2.32. The number of carbonyl (C=O) groups excluding carboxylic acids is 1. The number of aromatic nitrogens is 2. The zero-order valence-electron chi connectivity index (χ0n) is 11.5. The van der Waals surface area contributed by atoms with Crippen molar-refractivity contribution in [2.75, 3.05) is 0 Å². The molecule has 2 rings (SSSR count). The molecule has 1 amide bonds. The Bertz CT molecular complexity index is 615. The molecule has 5 nitrogen and oxygen atoms in total. The summed E-state index contributed by atoms with van der Waals surface area (Å²) < 4.78 is 0. The summed E-state index contributed by atoms with van der Waals surface area (Å²) in [6.07, 6.45) is 3.12. The van der Waals surface area contributed by atoms with Gasteiger partial charge in [0.05, 0.1) is 17.3 Å². The zero-order chi connectivity index (χ0) is 14.5. The third kappa shape index (κ3) is 3.32. The highest BCUT2D eigenvalue weighted by atomic mass is 16.2. The van der Waals surface area contributed by atoms with E-state index in [1.165, 1.54) is 18.3 Å². The number of pyridine rings is 2. The molecule has 5 heteroatoms. The number of nitrogens with one attached hydrogen (secondary N) is 2. The highest BCUT2D eigenvalue weighted by Gasteiger charge is 2.20. The molecule has 0 fully saturated rings. The Hall–Kier alpha value is -2.43. The van der Waals surface area contributed by atoms with Crippen molar-refractivity contribution in [2.24, 2.45) is 5.92 Å². The van der Waals surface area contributed by atoms with Gasteiger partial charge in [-0.1, -0.05) is 19.9 Å². The number of carbonyl (C=O) groups is 1. The van der Waals surface area contributed by atoms with Crippen LogP contribution in [0.15, 0.2) is 47.5 Å². The molecule has 2 aromatic rings. The first-order valence-electron chi connectivity index (χ1n) is 6.48. The molecule has 0 spiro atoms. The number of H-pyrrole nitrogens is 1. The standard InChI is InChI=1S/C15H17N3O2/c1-10(2)14(12-5-3-4-8-16-12)18-15(20)11-6-7-13(19)17-9-11/h3-10,14H,1-2H3,(H,17,19)(H,18,20)/t14-/m1/s1. The molecule has 0 unspecified atom stereocenters. The van der Waals surface area contributed by atoms with Crippen molar-refractivity contribution >= 4 is 5.91 Å². The minimum Gasteiger partial charge on any atom is -0.343 e. The summed E-state index contributed by atoms with van der Waals surface area (Å²) in [7, 11) is 0. The van der Waals surface area contributed by atoms with Crippen molar-refractivity contribution in [1.29, 1.82) is 0 Å². The van der Waals surface area contributed by atoms with E-state index in [1.54, 1.807) is 6.20 Å². The molecule has 0 bridgehead atoms. The highest BCUT2D eigenvalue weighted by Crippen LogP contribution is 2.19. The molecule has 0 saturated carbocycles. The van der Waals surface area contributed by atoms with Gasteiger partial charge in [0.15, 0.2) is 0 Å². The van der Waals surface area contributed by atoms with E-state index >= 15 is 0 Å². The summed E-state index contributed by atoms with van der Waals surface area (Å²) >= 11 is 0. The van der Waals surface area contributed by atoms with Crippen molar-refractivity contribution in [3.63, 3.8) is 0 Å². The second-order valence-corrected chi connectivity index (χ2v) is 4.89. The summed E-state index contributed by atoms with van der Waals surface area (Å²) in [5.74, 6) is -0.0257. The van der Waals surface area contributed by atoms with Gasteiger partial charge in [-0.2, -0.15) is 0 Å². The number of rotatable bonds is 4. The van der Waals surface area contributed by atoms with E-state index in [-0.39, 0.29) is 23.4 Å². The molecule has 0 radical (unpaired) electrons. The first kappa shape index (κ1) is 14.0. The maximum atomic E-state index is 12.2. The van der Waals surface area contributed by atoms with Crippen LogP contribution in [0.1, 0.15) is 35.9 Å². The third-order valence-corrected chi connectivity index (χ3v) is 3.01. The molecule has 2 heterocycles. The molecule has 0 aliphatic heterocycles. The van der Waals surface area contributed by atoms with Crippen molar-refractivity contribution in [3.8, 4) is 0 Å². The van der Waals surface area contributed by atoms with Crippen molar-refractivity contribution in [2.45, 2.75) is 19.9 Å². The van der Waals surface area contributed by atoms with Gasteiger partial charge in [0.1, 0.15) is 0 Å². The van der Waals surface area contributed by atoms with E-state index < -0.39 is 0 Å². The average Bonchev–Trinajstić information content (AvgIpc) is 2.46. The van der Waals surface area contributed by atoms with Gasteiger partial charge in [0, 0.05) is 18.5 Å². The van der Waals surface area contributed by atoms with Crippen molar-refractivity contribution < 1.29 is 4.79 Å². The largest absolute Gasteiger partial charge is 0.343 e. The number of nitrogens with zero attached hydrogens (tertiary/aromatic N) is 1. The molecule has 2 aromatic heterocycles. The van der Waals surface area contributed by atoms with E-state index in [2.05, 4.69) is 15.3 Å². The topological polar surface area (TPSA) is 74.8 Å². The minimum atomic E-state index is -0.231. The maximum Gasteiger partial charge on any atom is 0.253 e. The quantitative estimate of drug-likeness (QED) is 0.891. The molecule has 0 aromatic carbocycles. The number of hydrogen-bond acceptors (Lipinski definition) is 3. The normalized spacial score (nSPS) is 12.2. The molecular weight excluding hydrogens is 254 g/mol. The zero-order valence-corrected chi connectivity index (χ0v) is 11.5. The van der Waals surface area contributed by atoms with Gasteiger partial charge >= 0.3 is 0 Å². The summed E-state index contributed by atoms with van der Waals surface area (Å²) in [4.78, 5) is 30.0. The Morgan fingerprint density at radius 3 is 2.60 bits per heavy atom. The van der Waals surface area contributed by atoms with Gasteiger partial charge in [-0.05, 0) is 24.1 Å². The fourth-order valence-corrected chi connectivity index (χ4v) is 1.92. The van der Waals surface area contributed by atoms with Gasteiger partial charge < -0.3 is 10.3 Å². The van der Waals surface area contributed by atoms with Crippen LogP contribution in [0, 0.1) is 5.92 Å². The van der Waals surface area contributed by atoms with Crippen molar-refractivity contribution in [1.82, 2.24) is 15.3 Å². The molecule has 104 valence electrons. The molecule has 20 heavy (non-hydrogen) atoms. The molecule has 0 aliphatic carbocycles. The van der Waals surface area contributed by atoms with E-state index in [0.717, 1.165) is 5.69 Å². The smallest absolute Gasteiger partial charge is 0.253 e. The fraction of sp³-hybridized carbons (Fsp3) is 0.267. The van der Waals surface area contributed by atoms with Crippen LogP contribution in [0.2, 0.25) is 0 Å². The maximum absolute atomic E-state index is 12.2. The van der Waals surface area contributed by atoms with Gasteiger partial charge in [0.25, 0.3) is 5.91 Å². The minimum absolute atomic E-state index is 0.171. The molecule has 1 atom stereocenters. The summed E-state index contributed by atoms with van der Waals surface area (Å²) in [5.41, 5.74) is 1.01. The lowest BCUT2D eigenvalue weighted by atomic mass is 10.00. The van der Waals surface area contributed by atoms with Crippen molar-refractivity contribution in [3.05, 3.63) is 64.3 Å². The number of hydrogen-bond donors (Lipinski definition) is 2. The van der Waals surface area contributed by atoms with E-state index in [0.29, 0.717) is 5.56 Å². The molecule has 2 N–H and O–H groups in total. The first-order valence-corrected chi connectivity index (χ1v) is 6.48. The molecular formula is C15H17N3O2. The summed E-state index contributed by atoms with van der Waals surface area (Å²) in [6.45, 7) is 4.04. The van der Waals surface area contributed by atoms with Crippen LogP contribution in [-0.2, 0) is 0 Å². The van der Waals surface area contributed by atoms with Crippen LogP contribution in [0.5, 0.6) is 0 Å². The van der Waals surface area contributed by atoms with Crippen LogP contribution in [0.3, 0.4) is 0 Å². The van der Waals surface area contributed by atoms with E-state index in [1.807, 2.05) is 32.0 Å². The Labute approximate surface area is 117 Å². The van der Waals surface area contributed by atoms with Crippen LogP contribution >= 0.6 is 0 Å². The SMILES string of the molecule is CC(C)[C@@H](NC(=O)c1ccc(=O)[nH]c1)c1ccccn1. The van der Waals surface area contributed by atoms with Crippen LogP contribution < -0.4 is 10.9 Å². The second kappa shape index (κ2) is 6.14. The second-order valence-electron chi connectivity index (χ2n) is 4.89. The van der Waals surface area contributed by atoms with Gasteiger partial charge in [0.2, 0.25) is 5.56 Å². The number of aromatic amines is 1. The monoisotopic (exact) mass is 271 g/mol. The highest BCUT2D eigenvalue weighted by molar-refractivity contribution is 5.94. The Balaban J connectivity index is 2.19. The Morgan fingerprint density at radius 2 is 2.05 bits per heavy atom. The summed E-state index contributed by atoms with van der Waals surface area (Å²) in [5, 5.41) is 2.95.